The highest BCUT2D eigenvalue weighted by atomic mass is 32.2. The lowest BCUT2D eigenvalue weighted by Crippen LogP contribution is -2.41. The van der Waals surface area contributed by atoms with Crippen LogP contribution in [0, 0.1) is 5.92 Å². The van der Waals surface area contributed by atoms with Crippen molar-refractivity contribution < 1.29 is 31.7 Å². The van der Waals surface area contributed by atoms with Crippen molar-refractivity contribution in [2.75, 3.05) is 12.9 Å². The van der Waals surface area contributed by atoms with Crippen LogP contribution in [0.1, 0.15) is 32.6 Å². The maximum atomic E-state index is 12.0. The highest BCUT2D eigenvalue weighted by molar-refractivity contribution is 7.86. The van der Waals surface area contributed by atoms with Crippen LogP contribution in [0.3, 0.4) is 0 Å². The minimum Gasteiger partial charge on any atom is -0.353 e. The van der Waals surface area contributed by atoms with E-state index in [1.54, 1.807) is 0 Å². The fourth-order valence-corrected chi connectivity index (χ4v) is 2.61. The molecule has 7 nitrogen and oxygen atoms in total. The van der Waals surface area contributed by atoms with E-state index in [2.05, 4.69) is 10.8 Å². The second kappa shape index (κ2) is 8.40. The van der Waals surface area contributed by atoms with Crippen LogP contribution in [-0.2, 0) is 33.4 Å². The number of hydrogen-bond donors (Lipinski definition) is 0. The summed E-state index contributed by atoms with van der Waals surface area (Å²) in [7, 11) is -3.96. The fraction of sp³-hybridized carbons (Fsp3) is 0.714. The molecule has 1 fully saturated rings. The third-order valence-corrected chi connectivity index (χ3v) is 3.63. The monoisotopic (exact) mass is 334 g/mol. The van der Waals surface area contributed by atoms with Crippen molar-refractivity contribution in [1.82, 2.24) is 0 Å². The van der Waals surface area contributed by atoms with Gasteiger partial charge < -0.3 is 13.7 Å². The van der Waals surface area contributed by atoms with Gasteiger partial charge >= 0.3 is 16.1 Å². The van der Waals surface area contributed by atoms with E-state index < -0.39 is 40.2 Å². The molecular formula is C14H22O7S. The van der Waals surface area contributed by atoms with Gasteiger partial charge in [0.05, 0.1) is 12.2 Å². The Morgan fingerprint density at radius 3 is 2.55 bits per heavy atom. The summed E-state index contributed by atoms with van der Waals surface area (Å²) in [6.07, 6.45) is 2.96. The highest BCUT2D eigenvalue weighted by Gasteiger charge is 2.36. The van der Waals surface area contributed by atoms with Gasteiger partial charge in [-0.3, -0.25) is 9.59 Å². The average Bonchev–Trinajstić information content (AvgIpc) is 2.41. The van der Waals surface area contributed by atoms with Crippen LogP contribution in [0.4, 0.5) is 0 Å². The summed E-state index contributed by atoms with van der Waals surface area (Å²) in [5.41, 5.74) is 0. The third kappa shape index (κ3) is 6.25. The van der Waals surface area contributed by atoms with E-state index in [0.717, 1.165) is 19.1 Å². The quantitative estimate of drug-likeness (QED) is 0.486. The maximum Gasteiger partial charge on any atom is 0.328 e. The molecule has 1 aliphatic heterocycles. The molecule has 1 rings (SSSR count). The van der Waals surface area contributed by atoms with Crippen LogP contribution in [0.15, 0.2) is 12.7 Å². The zero-order valence-electron chi connectivity index (χ0n) is 12.8. The number of carbonyl (C=O) groups is 2. The average molecular weight is 334 g/mol. The molecule has 22 heavy (non-hydrogen) atoms. The summed E-state index contributed by atoms with van der Waals surface area (Å²) in [5, 5.41) is 0. The Bertz CT molecular complexity index is 505. The standard InChI is InChI=1S/C14H22O7S/c1-4-7-11(14(16)21-22(3,17)18)13(10(2)15)20-12-8-5-6-9-19-12/h4,11-13H,1,5-9H2,2-3H3/t11-,12?,13-/m1/s1. The minimum absolute atomic E-state index is 0.0608. The molecule has 0 aliphatic carbocycles. The molecule has 0 aromatic heterocycles. The first kappa shape index (κ1) is 18.8. The summed E-state index contributed by atoms with van der Waals surface area (Å²) >= 11 is 0. The normalized spacial score (nSPS) is 21.6. The van der Waals surface area contributed by atoms with Gasteiger partial charge in [0, 0.05) is 6.61 Å². The van der Waals surface area contributed by atoms with Crippen molar-refractivity contribution >= 4 is 21.9 Å². The van der Waals surface area contributed by atoms with Crippen molar-refractivity contribution in [2.24, 2.45) is 5.92 Å². The second-order valence-electron chi connectivity index (χ2n) is 5.20. The number of allylic oxidation sites excluding steroid dienone is 1. The van der Waals surface area contributed by atoms with Crippen molar-refractivity contribution in [3.63, 3.8) is 0 Å². The van der Waals surface area contributed by atoms with Gasteiger partial charge in [0.15, 0.2) is 12.1 Å². The van der Waals surface area contributed by atoms with Crippen LogP contribution < -0.4 is 0 Å². The molecule has 0 N–H and O–H groups in total. The summed E-state index contributed by atoms with van der Waals surface area (Å²) in [5.74, 6) is -2.50. The SMILES string of the molecule is C=CC[C@@H](C(=O)OS(C)(=O)=O)[C@H](OC1CCCCO1)C(C)=O. The Morgan fingerprint density at radius 2 is 2.09 bits per heavy atom. The predicted molar refractivity (Wildman–Crippen MR) is 78.4 cm³/mol. The van der Waals surface area contributed by atoms with Crippen molar-refractivity contribution in [3.05, 3.63) is 12.7 Å². The number of rotatable bonds is 8. The zero-order valence-corrected chi connectivity index (χ0v) is 13.6. The van der Waals surface area contributed by atoms with Gasteiger partial charge in [0.2, 0.25) is 0 Å². The van der Waals surface area contributed by atoms with Crippen LogP contribution >= 0.6 is 0 Å². The number of carbonyl (C=O) groups excluding carboxylic acids is 2. The zero-order chi connectivity index (χ0) is 16.8. The lowest BCUT2D eigenvalue weighted by Gasteiger charge is -2.29. The van der Waals surface area contributed by atoms with Crippen molar-refractivity contribution in [2.45, 2.75) is 45.0 Å². The van der Waals surface area contributed by atoms with Crippen molar-refractivity contribution in [1.29, 1.82) is 0 Å². The van der Waals surface area contributed by atoms with E-state index >= 15 is 0 Å². The fourth-order valence-electron chi connectivity index (χ4n) is 2.19. The van der Waals surface area contributed by atoms with E-state index in [9.17, 15) is 18.0 Å². The first-order chi connectivity index (χ1) is 10.2. The summed E-state index contributed by atoms with van der Waals surface area (Å²) < 4.78 is 37.6. The molecule has 1 unspecified atom stereocenters. The Hall–Kier alpha value is -1.25. The highest BCUT2D eigenvalue weighted by Crippen LogP contribution is 2.23. The summed E-state index contributed by atoms with van der Waals surface area (Å²) in [6, 6.07) is 0. The van der Waals surface area contributed by atoms with Gasteiger partial charge in [-0.1, -0.05) is 6.08 Å². The van der Waals surface area contributed by atoms with Crippen molar-refractivity contribution in [3.8, 4) is 0 Å². The van der Waals surface area contributed by atoms with E-state index in [-0.39, 0.29) is 6.42 Å². The topological polar surface area (TPSA) is 96.0 Å². The van der Waals surface area contributed by atoms with Crippen LogP contribution in [0.25, 0.3) is 0 Å². The van der Waals surface area contributed by atoms with E-state index in [1.807, 2.05) is 0 Å². The van der Waals surface area contributed by atoms with Gasteiger partial charge in [0.25, 0.3) is 0 Å². The molecule has 0 aromatic rings. The van der Waals surface area contributed by atoms with E-state index in [0.29, 0.717) is 13.0 Å². The Balaban J connectivity index is 2.87. The second-order valence-corrected chi connectivity index (χ2v) is 6.78. The van der Waals surface area contributed by atoms with E-state index in [4.69, 9.17) is 9.47 Å². The molecule has 1 heterocycles. The lowest BCUT2D eigenvalue weighted by atomic mass is 9.95. The third-order valence-electron chi connectivity index (χ3n) is 3.16. The predicted octanol–water partition coefficient (Wildman–Crippen LogP) is 1.18. The molecule has 126 valence electrons. The van der Waals surface area contributed by atoms with E-state index in [1.165, 1.54) is 13.0 Å². The molecule has 0 radical (unpaired) electrons. The first-order valence-corrected chi connectivity index (χ1v) is 8.88. The van der Waals surface area contributed by atoms with Gasteiger partial charge in [-0.05, 0) is 32.6 Å². The molecule has 0 saturated carbocycles. The maximum absolute atomic E-state index is 12.0. The molecule has 3 atom stereocenters. The molecule has 1 aliphatic rings. The van der Waals surface area contributed by atoms with Crippen LogP contribution in [0.2, 0.25) is 0 Å². The number of hydrogen-bond acceptors (Lipinski definition) is 7. The minimum atomic E-state index is -3.96. The number of ether oxygens (including phenoxy) is 2. The summed E-state index contributed by atoms with van der Waals surface area (Å²) in [4.78, 5) is 23.8. The first-order valence-electron chi connectivity index (χ1n) is 7.06. The smallest absolute Gasteiger partial charge is 0.328 e. The molecule has 8 heteroatoms. The Kier molecular flexibility index (Phi) is 7.18. The molecule has 0 bridgehead atoms. The van der Waals surface area contributed by atoms with Gasteiger partial charge in [0.1, 0.15) is 6.10 Å². The Labute approximate surface area is 130 Å². The van der Waals surface area contributed by atoms with Gasteiger partial charge in [-0.15, -0.1) is 6.58 Å². The molecule has 0 spiro atoms. The molecule has 0 amide bonds. The molecular weight excluding hydrogens is 312 g/mol. The van der Waals surface area contributed by atoms with Crippen LogP contribution in [0.5, 0.6) is 0 Å². The largest absolute Gasteiger partial charge is 0.353 e. The van der Waals surface area contributed by atoms with Crippen LogP contribution in [-0.4, -0.2) is 45.4 Å². The molecule has 0 aromatic carbocycles. The molecule has 1 saturated heterocycles. The summed E-state index contributed by atoms with van der Waals surface area (Å²) in [6.45, 7) is 5.31. The number of ketones is 1. The Morgan fingerprint density at radius 1 is 1.41 bits per heavy atom. The van der Waals surface area contributed by atoms with Gasteiger partial charge in [-0.2, -0.15) is 8.42 Å². The lowest BCUT2D eigenvalue weighted by molar-refractivity contribution is -0.202. The number of Topliss-reactive ketones (excluding diaryl/α,β-unsaturated/α-hetero) is 1. The van der Waals surface area contributed by atoms with Gasteiger partial charge in [-0.25, -0.2) is 0 Å².